The first-order chi connectivity index (χ1) is 14.2. The van der Waals surface area contributed by atoms with Crippen LogP contribution in [0.4, 0.5) is 0 Å². The summed E-state index contributed by atoms with van der Waals surface area (Å²) in [7, 11) is -1.85. The number of nitrogens with zero attached hydrogens (tertiary/aromatic N) is 1. The molecule has 0 aromatic heterocycles. The zero-order valence-corrected chi connectivity index (χ0v) is 22.1. The molecule has 0 aliphatic heterocycles. The Balaban J connectivity index is 0.000000642. The van der Waals surface area contributed by atoms with Crippen molar-refractivity contribution in [2.75, 3.05) is 25.6 Å². The van der Waals surface area contributed by atoms with E-state index in [4.69, 9.17) is 0 Å². The van der Waals surface area contributed by atoms with Gasteiger partial charge in [0.15, 0.2) is 0 Å². The molecule has 1 atom stereocenters. The summed E-state index contributed by atoms with van der Waals surface area (Å²) in [5.41, 5.74) is 2.05. The maximum Gasteiger partial charge on any atom is 0.134 e. The third-order valence-electron chi connectivity index (χ3n) is 5.45. The van der Waals surface area contributed by atoms with Crippen LogP contribution >= 0.6 is 15.9 Å². The second-order valence-corrected chi connectivity index (χ2v) is 10.5. The number of halogens is 1. The fraction of sp³-hybridized carbons (Fsp3) is 0.750. The van der Waals surface area contributed by atoms with Crippen LogP contribution in [-0.4, -0.2) is 43.0 Å². The molecule has 0 aliphatic carbocycles. The van der Waals surface area contributed by atoms with Crippen LogP contribution in [0.3, 0.4) is 0 Å². The lowest BCUT2D eigenvalue weighted by atomic mass is 10.1. The van der Waals surface area contributed by atoms with E-state index in [0.29, 0.717) is 0 Å². The van der Waals surface area contributed by atoms with Gasteiger partial charge in [0, 0.05) is 0 Å². The Hall–Kier alpha value is -0.430. The van der Waals surface area contributed by atoms with E-state index in [0.717, 1.165) is 11.0 Å². The number of hydrogen-bond donors (Lipinski definition) is 0. The minimum atomic E-state index is -4.27. The lowest BCUT2D eigenvalue weighted by Gasteiger charge is -2.32. The van der Waals surface area contributed by atoms with Crippen LogP contribution in [0, 0.1) is 6.92 Å². The first kappa shape index (κ1) is 29.6. The summed E-state index contributed by atoms with van der Waals surface area (Å²) >= 11 is 3.72. The topological polar surface area (TPSA) is 57.2 Å². The highest BCUT2D eigenvalue weighted by atomic mass is 79.9. The van der Waals surface area contributed by atoms with Crippen molar-refractivity contribution in [1.29, 1.82) is 0 Å². The molecule has 0 N–H and O–H groups in total. The molecule has 0 heterocycles. The summed E-state index contributed by atoms with van der Waals surface area (Å²) in [6, 6.07) is 5.78. The highest BCUT2D eigenvalue weighted by Crippen LogP contribution is 2.14. The number of aryl methyl sites for hydroxylation is 1. The Morgan fingerprint density at radius 1 is 0.800 bits per heavy atom. The number of unbranched alkanes of at least 4 members (excludes halogenated alkanes) is 9. The Morgan fingerprint density at radius 2 is 1.20 bits per heavy atom. The second-order valence-electron chi connectivity index (χ2n) is 8.64. The van der Waals surface area contributed by atoms with Gasteiger partial charge < -0.3 is 9.04 Å². The predicted molar refractivity (Wildman–Crippen MR) is 131 cm³/mol. The first-order valence-corrected chi connectivity index (χ1v) is 14.1. The molecule has 0 spiro atoms. The van der Waals surface area contributed by atoms with Crippen molar-refractivity contribution in [3.8, 4) is 0 Å². The van der Waals surface area contributed by atoms with Crippen molar-refractivity contribution in [3.05, 3.63) is 29.8 Å². The molecule has 176 valence electrons. The van der Waals surface area contributed by atoms with Gasteiger partial charge in [-0.1, -0.05) is 76.5 Å². The lowest BCUT2D eigenvalue weighted by molar-refractivity contribution is -0.896. The summed E-state index contributed by atoms with van der Waals surface area (Å²) in [5.74, 6) is 0. The van der Waals surface area contributed by atoms with E-state index >= 15 is 0 Å². The van der Waals surface area contributed by atoms with Crippen LogP contribution in [0.2, 0.25) is 0 Å². The van der Waals surface area contributed by atoms with Crippen LogP contribution in [-0.2, 0) is 10.1 Å². The van der Waals surface area contributed by atoms with Gasteiger partial charge in [-0.05, 0) is 60.7 Å². The van der Waals surface area contributed by atoms with E-state index in [-0.39, 0.29) is 4.90 Å². The second kappa shape index (κ2) is 17.2. The van der Waals surface area contributed by atoms with Gasteiger partial charge >= 0.3 is 0 Å². The van der Waals surface area contributed by atoms with E-state index in [9.17, 15) is 13.0 Å². The average molecular weight is 507 g/mol. The Bertz CT molecular complexity index is 634. The minimum absolute atomic E-state index is 0.178. The van der Waals surface area contributed by atoms with Crippen LogP contribution in [0.25, 0.3) is 0 Å². The molecular weight excluding hydrogens is 462 g/mol. The maximum atomic E-state index is 10.4. The van der Waals surface area contributed by atoms with E-state index in [1.165, 1.54) is 100 Å². The number of alkyl halides is 1. The normalized spacial score (nSPS) is 13.4. The van der Waals surface area contributed by atoms with Crippen molar-refractivity contribution >= 4 is 26.0 Å². The lowest BCUT2D eigenvalue weighted by Crippen LogP contribution is -2.44. The number of quaternary nitrogens is 1. The molecule has 1 aromatic rings. The molecule has 0 radical (unpaired) electrons. The van der Waals surface area contributed by atoms with E-state index in [1.807, 2.05) is 6.92 Å². The van der Waals surface area contributed by atoms with Crippen LogP contribution in [0.1, 0.15) is 90.0 Å². The average Bonchev–Trinajstić information content (AvgIpc) is 2.70. The van der Waals surface area contributed by atoms with Gasteiger partial charge in [0.25, 0.3) is 0 Å². The summed E-state index contributed by atoms with van der Waals surface area (Å²) in [6.45, 7) is 9.10. The van der Waals surface area contributed by atoms with Crippen molar-refractivity contribution in [3.63, 3.8) is 0 Å². The third-order valence-corrected chi connectivity index (χ3v) is 7.51. The zero-order valence-electron chi connectivity index (χ0n) is 19.7. The fourth-order valence-electron chi connectivity index (χ4n) is 3.31. The molecule has 0 bridgehead atoms. The predicted octanol–water partition coefficient (Wildman–Crippen LogP) is 7.02. The summed E-state index contributed by atoms with van der Waals surface area (Å²) in [4.78, 5) is -0.178. The molecule has 1 unspecified atom stereocenters. The van der Waals surface area contributed by atoms with Crippen molar-refractivity contribution in [2.45, 2.75) is 96.3 Å². The van der Waals surface area contributed by atoms with Crippen molar-refractivity contribution in [2.24, 2.45) is 0 Å². The van der Waals surface area contributed by atoms with Gasteiger partial charge in [-0.15, -0.1) is 0 Å². The fourth-order valence-corrected chi connectivity index (χ4v) is 4.28. The smallest absolute Gasteiger partial charge is 0.134 e. The van der Waals surface area contributed by atoms with Gasteiger partial charge in [0.05, 0.1) is 25.0 Å². The highest BCUT2D eigenvalue weighted by Gasteiger charge is 2.18. The minimum Gasteiger partial charge on any atom is -0.744 e. The molecule has 0 saturated heterocycles. The molecule has 30 heavy (non-hydrogen) atoms. The van der Waals surface area contributed by atoms with Gasteiger partial charge in [-0.25, -0.2) is 8.42 Å². The monoisotopic (exact) mass is 505 g/mol. The molecule has 0 saturated carbocycles. The van der Waals surface area contributed by atoms with Crippen molar-refractivity contribution < 1.29 is 17.5 Å². The zero-order chi connectivity index (χ0) is 22.9. The van der Waals surface area contributed by atoms with Crippen molar-refractivity contribution in [1.82, 2.24) is 0 Å². The van der Waals surface area contributed by atoms with E-state index < -0.39 is 10.1 Å². The largest absolute Gasteiger partial charge is 0.744 e. The van der Waals surface area contributed by atoms with Gasteiger partial charge in [-0.3, -0.25) is 0 Å². The molecule has 1 rings (SSSR count). The molecule has 6 heteroatoms. The Labute approximate surface area is 194 Å². The molecule has 0 aliphatic rings. The maximum absolute atomic E-state index is 10.4. The number of rotatable bonds is 15. The number of benzene rings is 1. The standard InChI is InChI=1S/C17H37BrN.C7H8O3S/c1-4-6-8-10-12-14-16-19(3,17-18)15-13-11-9-7-5-2;1-6-2-4-7(5-3-6)11(8,9)10/h4-17H2,1-3H3;2-5H,1H3,(H,8,9,10)/q+1;/p-1. The summed E-state index contributed by atoms with van der Waals surface area (Å²) in [5, 5.41) is 0. The number of hydrogen-bond acceptors (Lipinski definition) is 3. The highest BCUT2D eigenvalue weighted by molar-refractivity contribution is 9.09. The SMILES string of the molecule is CCCCCCCC[N+](C)(CBr)CCCCCCC.Cc1ccc(S(=O)(=O)[O-])cc1. The third kappa shape index (κ3) is 15.4. The molecular formula is C24H44BrNO3S. The first-order valence-electron chi connectivity index (χ1n) is 11.6. The quantitative estimate of drug-likeness (QED) is 0.0845. The Morgan fingerprint density at radius 3 is 1.57 bits per heavy atom. The van der Waals surface area contributed by atoms with Gasteiger partial charge in [-0.2, -0.15) is 0 Å². The van der Waals surface area contributed by atoms with Crippen LogP contribution in [0.5, 0.6) is 0 Å². The van der Waals surface area contributed by atoms with Gasteiger partial charge in [0.2, 0.25) is 0 Å². The van der Waals surface area contributed by atoms with Crippen LogP contribution in [0.15, 0.2) is 29.2 Å². The summed E-state index contributed by atoms with van der Waals surface area (Å²) in [6.07, 6.45) is 15.5. The van der Waals surface area contributed by atoms with E-state index in [1.54, 1.807) is 12.1 Å². The summed E-state index contributed by atoms with van der Waals surface area (Å²) < 4.78 is 32.4. The Kier molecular flexibility index (Phi) is 16.9. The molecule has 0 fully saturated rings. The van der Waals surface area contributed by atoms with E-state index in [2.05, 4.69) is 36.8 Å². The molecule has 1 aromatic carbocycles. The van der Waals surface area contributed by atoms with Crippen LogP contribution < -0.4 is 0 Å². The van der Waals surface area contributed by atoms with Gasteiger partial charge in [0.1, 0.15) is 15.6 Å². The molecule has 4 nitrogen and oxygen atoms in total. The molecule has 0 amide bonds.